The van der Waals surface area contributed by atoms with E-state index in [1.807, 2.05) is 60.1 Å². The highest BCUT2D eigenvalue weighted by atomic mass is 32.1. The molecule has 1 atom stereocenters. The van der Waals surface area contributed by atoms with Crippen molar-refractivity contribution >= 4 is 28.1 Å². The molecule has 30 heavy (non-hydrogen) atoms. The van der Waals surface area contributed by atoms with Gasteiger partial charge in [0.25, 0.3) is 0 Å². The largest absolute Gasteiger partial charge is 0.493 e. The van der Waals surface area contributed by atoms with Gasteiger partial charge in [-0.05, 0) is 29.1 Å². The number of para-hydroxylation sites is 2. The summed E-state index contributed by atoms with van der Waals surface area (Å²) in [6, 6.07) is 18.0. The Morgan fingerprint density at radius 3 is 2.67 bits per heavy atom. The SMILES string of the molecule is COc1cccc(C(CNC(=O)Cc2cccs2)c2c[nH]c3ccccc23)c1OC. The van der Waals surface area contributed by atoms with Crippen LogP contribution in [0.4, 0.5) is 0 Å². The maximum Gasteiger partial charge on any atom is 0.225 e. The van der Waals surface area contributed by atoms with Crippen LogP contribution in [0.25, 0.3) is 10.9 Å². The van der Waals surface area contributed by atoms with E-state index < -0.39 is 0 Å². The van der Waals surface area contributed by atoms with E-state index in [2.05, 4.69) is 16.4 Å². The molecule has 0 saturated carbocycles. The van der Waals surface area contributed by atoms with E-state index in [-0.39, 0.29) is 11.8 Å². The van der Waals surface area contributed by atoms with Crippen molar-refractivity contribution in [2.75, 3.05) is 20.8 Å². The van der Waals surface area contributed by atoms with Gasteiger partial charge in [-0.2, -0.15) is 0 Å². The average molecular weight is 421 g/mol. The molecule has 6 heteroatoms. The molecular formula is C24H24N2O3S. The van der Waals surface area contributed by atoms with E-state index in [0.717, 1.165) is 26.9 Å². The quantitative estimate of drug-likeness (QED) is 0.433. The van der Waals surface area contributed by atoms with Gasteiger partial charge < -0.3 is 19.8 Å². The molecule has 0 aliphatic heterocycles. The number of ether oxygens (including phenoxy) is 2. The van der Waals surface area contributed by atoms with Crippen LogP contribution in [-0.4, -0.2) is 31.7 Å². The van der Waals surface area contributed by atoms with E-state index in [4.69, 9.17) is 9.47 Å². The molecule has 0 radical (unpaired) electrons. The van der Waals surface area contributed by atoms with Gasteiger partial charge in [0, 0.05) is 40.0 Å². The van der Waals surface area contributed by atoms with E-state index in [1.165, 1.54) is 0 Å². The Hall–Kier alpha value is -3.25. The Morgan fingerprint density at radius 2 is 1.90 bits per heavy atom. The Morgan fingerprint density at radius 1 is 1.03 bits per heavy atom. The maximum absolute atomic E-state index is 12.6. The van der Waals surface area contributed by atoms with Gasteiger partial charge >= 0.3 is 0 Å². The van der Waals surface area contributed by atoms with Crippen molar-refractivity contribution in [2.45, 2.75) is 12.3 Å². The van der Waals surface area contributed by atoms with Crippen LogP contribution in [0.2, 0.25) is 0 Å². The fraction of sp³-hybridized carbons (Fsp3) is 0.208. The first-order valence-electron chi connectivity index (χ1n) is 9.77. The standard InChI is InChI=1S/C24H24N2O3S/c1-28-22-11-5-9-18(24(22)29-2)20(15-26-23(27)13-16-7-6-12-30-16)19-14-25-21-10-4-3-8-17(19)21/h3-12,14,20,25H,13,15H2,1-2H3,(H,26,27). The lowest BCUT2D eigenvalue weighted by Crippen LogP contribution is -2.30. The molecule has 0 bridgehead atoms. The molecule has 0 aliphatic rings. The van der Waals surface area contributed by atoms with Gasteiger partial charge in [0.2, 0.25) is 5.91 Å². The Kier molecular flexibility index (Phi) is 6.05. The normalized spacial score (nSPS) is 11.9. The number of rotatable bonds is 8. The minimum absolute atomic E-state index is 0.00385. The van der Waals surface area contributed by atoms with E-state index >= 15 is 0 Å². The third kappa shape index (κ3) is 4.04. The van der Waals surface area contributed by atoms with Crippen LogP contribution in [0.5, 0.6) is 11.5 Å². The minimum Gasteiger partial charge on any atom is -0.493 e. The number of nitrogens with one attached hydrogen (secondary N) is 2. The van der Waals surface area contributed by atoms with Crippen molar-refractivity contribution in [3.05, 3.63) is 82.2 Å². The summed E-state index contributed by atoms with van der Waals surface area (Å²) in [5.74, 6) is 1.26. The van der Waals surface area contributed by atoms with Gasteiger partial charge in [-0.15, -0.1) is 11.3 Å². The first-order valence-corrected chi connectivity index (χ1v) is 10.6. The zero-order chi connectivity index (χ0) is 20.9. The van der Waals surface area contributed by atoms with Crippen LogP contribution in [0, 0.1) is 0 Å². The fourth-order valence-electron chi connectivity index (χ4n) is 3.81. The monoisotopic (exact) mass is 420 g/mol. The lowest BCUT2D eigenvalue weighted by molar-refractivity contribution is -0.120. The molecular weight excluding hydrogens is 396 g/mol. The summed E-state index contributed by atoms with van der Waals surface area (Å²) >= 11 is 1.59. The summed E-state index contributed by atoms with van der Waals surface area (Å²) in [6.45, 7) is 0.454. The van der Waals surface area contributed by atoms with E-state index in [9.17, 15) is 4.79 Å². The average Bonchev–Trinajstić information content (AvgIpc) is 3.44. The molecule has 1 unspecified atom stereocenters. The number of aromatic nitrogens is 1. The number of hydrogen-bond acceptors (Lipinski definition) is 4. The molecule has 2 heterocycles. The zero-order valence-electron chi connectivity index (χ0n) is 17.0. The Labute approximate surface area is 179 Å². The van der Waals surface area contributed by atoms with Gasteiger partial charge in [0.1, 0.15) is 0 Å². The smallest absolute Gasteiger partial charge is 0.225 e. The highest BCUT2D eigenvalue weighted by Gasteiger charge is 2.24. The van der Waals surface area contributed by atoms with E-state index in [0.29, 0.717) is 24.5 Å². The topological polar surface area (TPSA) is 63.3 Å². The third-order valence-electron chi connectivity index (χ3n) is 5.22. The summed E-state index contributed by atoms with van der Waals surface area (Å²) in [6.07, 6.45) is 2.40. The molecule has 4 aromatic rings. The van der Waals surface area contributed by atoms with Crippen molar-refractivity contribution in [3.8, 4) is 11.5 Å². The lowest BCUT2D eigenvalue weighted by Gasteiger charge is -2.22. The molecule has 0 fully saturated rings. The fourth-order valence-corrected chi connectivity index (χ4v) is 4.51. The van der Waals surface area contributed by atoms with Gasteiger partial charge in [-0.3, -0.25) is 4.79 Å². The molecule has 4 rings (SSSR count). The molecule has 154 valence electrons. The molecule has 0 aliphatic carbocycles. The predicted octanol–water partition coefficient (Wildman–Crippen LogP) is 4.74. The first-order chi connectivity index (χ1) is 14.7. The number of methoxy groups -OCH3 is 2. The molecule has 2 aromatic carbocycles. The summed E-state index contributed by atoms with van der Waals surface area (Å²) in [7, 11) is 3.27. The number of fused-ring (bicyclic) bond motifs is 1. The highest BCUT2D eigenvalue weighted by molar-refractivity contribution is 7.10. The summed E-state index contributed by atoms with van der Waals surface area (Å²) < 4.78 is 11.2. The van der Waals surface area contributed by atoms with Crippen molar-refractivity contribution < 1.29 is 14.3 Å². The third-order valence-corrected chi connectivity index (χ3v) is 6.10. The van der Waals surface area contributed by atoms with Crippen LogP contribution >= 0.6 is 11.3 Å². The Bertz CT molecular complexity index is 1130. The molecule has 0 saturated heterocycles. The summed E-state index contributed by atoms with van der Waals surface area (Å²) in [4.78, 5) is 17.0. The van der Waals surface area contributed by atoms with Crippen molar-refractivity contribution in [1.29, 1.82) is 0 Å². The number of aromatic amines is 1. The second-order valence-corrected chi connectivity index (χ2v) is 8.02. The number of thiophene rings is 1. The van der Waals surface area contributed by atoms with Crippen LogP contribution in [0.1, 0.15) is 21.9 Å². The van der Waals surface area contributed by atoms with Crippen LogP contribution in [0.3, 0.4) is 0 Å². The van der Waals surface area contributed by atoms with Gasteiger partial charge in [0.15, 0.2) is 11.5 Å². The van der Waals surface area contributed by atoms with Crippen molar-refractivity contribution in [2.24, 2.45) is 0 Å². The van der Waals surface area contributed by atoms with Crippen LogP contribution < -0.4 is 14.8 Å². The predicted molar refractivity (Wildman–Crippen MR) is 121 cm³/mol. The number of amides is 1. The lowest BCUT2D eigenvalue weighted by atomic mass is 9.89. The second-order valence-electron chi connectivity index (χ2n) is 6.99. The second kappa shape index (κ2) is 9.05. The van der Waals surface area contributed by atoms with E-state index in [1.54, 1.807) is 25.6 Å². The highest BCUT2D eigenvalue weighted by Crippen LogP contribution is 2.40. The Balaban J connectivity index is 1.69. The first kappa shape index (κ1) is 20.0. The van der Waals surface area contributed by atoms with Gasteiger partial charge in [-0.1, -0.05) is 36.4 Å². The van der Waals surface area contributed by atoms with Crippen molar-refractivity contribution in [1.82, 2.24) is 10.3 Å². The number of benzene rings is 2. The molecule has 1 amide bonds. The molecule has 2 N–H and O–H groups in total. The molecule has 2 aromatic heterocycles. The zero-order valence-corrected chi connectivity index (χ0v) is 17.8. The molecule has 0 spiro atoms. The summed E-state index contributed by atoms with van der Waals surface area (Å²) in [5.41, 5.74) is 3.14. The van der Waals surface area contributed by atoms with Gasteiger partial charge in [-0.25, -0.2) is 0 Å². The minimum atomic E-state index is -0.0986. The van der Waals surface area contributed by atoms with Crippen LogP contribution in [0.15, 0.2) is 66.2 Å². The maximum atomic E-state index is 12.6. The number of carbonyl (C=O) groups is 1. The van der Waals surface area contributed by atoms with Crippen LogP contribution in [-0.2, 0) is 11.2 Å². The molecule has 5 nitrogen and oxygen atoms in total. The number of carbonyl (C=O) groups excluding carboxylic acids is 1. The number of hydrogen-bond donors (Lipinski definition) is 2. The van der Waals surface area contributed by atoms with Gasteiger partial charge in [0.05, 0.1) is 20.6 Å². The number of H-pyrrole nitrogens is 1. The van der Waals surface area contributed by atoms with Crippen molar-refractivity contribution in [3.63, 3.8) is 0 Å². The summed E-state index contributed by atoms with van der Waals surface area (Å²) in [5, 5.41) is 6.23.